The van der Waals surface area contributed by atoms with Gasteiger partial charge in [0.25, 0.3) is 0 Å². The molecule has 0 saturated carbocycles. The highest BCUT2D eigenvalue weighted by Gasteiger charge is 2.08. The molecule has 1 aromatic rings. The van der Waals surface area contributed by atoms with E-state index in [0.717, 1.165) is 5.69 Å². The summed E-state index contributed by atoms with van der Waals surface area (Å²) in [6.07, 6.45) is 1.74. The van der Waals surface area contributed by atoms with Crippen LogP contribution in [0.1, 0.15) is 18.9 Å². The lowest BCUT2D eigenvalue weighted by Crippen LogP contribution is -2.19. The number of sulfone groups is 1. The van der Waals surface area contributed by atoms with Crippen molar-refractivity contribution >= 4 is 27.1 Å². The Morgan fingerprint density at radius 2 is 2.17 bits per heavy atom. The van der Waals surface area contributed by atoms with E-state index < -0.39 is 9.84 Å². The van der Waals surface area contributed by atoms with Crippen LogP contribution in [0.3, 0.4) is 0 Å². The van der Waals surface area contributed by atoms with Crippen LogP contribution < -0.4 is 5.32 Å². The molecule has 0 aromatic heterocycles. The van der Waals surface area contributed by atoms with E-state index in [0.29, 0.717) is 17.0 Å². The Balaban J connectivity index is 2.63. The Labute approximate surface area is 112 Å². The van der Waals surface area contributed by atoms with Crippen LogP contribution in [0.15, 0.2) is 18.2 Å². The molecule has 1 unspecified atom stereocenters. The van der Waals surface area contributed by atoms with Gasteiger partial charge in [-0.15, -0.1) is 0 Å². The molecule has 0 aliphatic heterocycles. The van der Waals surface area contributed by atoms with E-state index in [1.54, 1.807) is 18.2 Å². The summed E-state index contributed by atoms with van der Waals surface area (Å²) in [5.41, 5.74) is 1.20. The molecule has 98 valence electrons. The standard InChI is InChI=1S/C12H15ClN2O2S/c1-9(5-6-18(2,16)17)15-11-4-3-10(8-14)12(13)7-11/h3-4,7,9,15H,5-6H2,1-2H3. The lowest BCUT2D eigenvalue weighted by atomic mass is 10.2. The first-order valence-corrected chi connectivity index (χ1v) is 7.89. The Hall–Kier alpha value is -1.25. The Morgan fingerprint density at radius 1 is 1.50 bits per heavy atom. The summed E-state index contributed by atoms with van der Waals surface area (Å²) in [5.74, 6) is 0.144. The third-order valence-electron chi connectivity index (χ3n) is 2.42. The number of anilines is 1. The van der Waals surface area contributed by atoms with Crippen LogP contribution in [0.25, 0.3) is 0 Å². The van der Waals surface area contributed by atoms with Gasteiger partial charge >= 0.3 is 0 Å². The summed E-state index contributed by atoms with van der Waals surface area (Å²) in [6, 6.07) is 7.05. The van der Waals surface area contributed by atoms with Crippen molar-refractivity contribution in [2.24, 2.45) is 0 Å². The number of rotatable bonds is 5. The van der Waals surface area contributed by atoms with Crippen LogP contribution >= 0.6 is 11.6 Å². The first-order valence-electron chi connectivity index (χ1n) is 5.46. The predicted molar refractivity (Wildman–Crippen MR) is 73.6 cm³/mol. The van der Waals surface area contributed by atoms with Crippen molar-refractivity contribution in [3.63, 3.8) is 0 Å². The quantitative estimate of drug-likeness (QED) is 0.902. The van der Waals surface area contributed by atoms with Gasteiger partial charge in [-0.1, -0.05) is 11.6 Å². The molecule has 0 bridgehead atoms. The second kappa shape index (κ2) is 6.07. The van der Waals surface area contributed by atoms with Crippen molar-refractivity contribution in [2.45, 2.75) is 19.4 Å². The molecule has 1 atom stereocenters. The highest BCUT2D eigenvalue weighted by molar-refractivity contribution is 7.90. The molecule has 18 heavy (non-hydrogen) atoms. The second-order valence-electron chi connectivity index (χ2n) is 4.27. The van der Waals surface area contributed by atoms with Crippen LogP contribution in [0, 0.1) is 11.3 Å². The van der Waals surface area contributed by atoms with Gasteiger partial charge in [0.2, 0.25) is 0 Å². The zero-order valence-electron chi connectivity index (χ0n) is 10.3. The van der Waals surface area contributed by atoms with Gasteiger partial charge in [-0.25, -0.2) is 8.42 Å². The maximum Gasteiger partial charge on any atom is 0.147 e. The normalized spacial score (nSPS) is 12.8. The lowest BCUT2D eigenvalue weighted by molar-refractivity contribution is 0.596. The molecule has 0 spiro atoms. The summed E-state index contributed by atoms with van der Waals surface area (Å²) in [5, 5.41) is 12.3. The van der Waals surface area contributed by atoms with Crippen molar-refractivity contribution in [3.8, 4) is 6.07 Å². The van der Waals surface area contributed by atoms with Gasteiger partial charge in [0.1, 0.15) is 15.9 Å². The maximum atomic E-state index is 11.0. The van der Waals surface area contributed by atoms with Crippen molar-refractivity contribution in [1.82, 2.24) is 0 Å². The number of hydrogen-bond acceptors (Lipinski definition) is 4. The van der Waals surface area contributed by atoms with Crippen LogP contribution in [-0.4, -0.2) is 26.5 Å². The van der Waals surface area contributed by atoms with Gasteiger partial charge in [0.05, 0.1) is 16.3 Å². The summed E-state index contributed by atoms with van der Waals surface area (Å²) in [4.78, 5) is 0. The van der Waals surface area contributed by atoms with E-state index in [1.165, 1.54) is 6.26 Å². The smallest absolute Gasteiger partial charge is 0.147 e. The molecule has 0 fully saturated rings. The number of nitrogens with zero attached hydrogens (tertiary/aromatic N) is 1. The molecule has 0 radical (unpaired) electrons. The number of benzene rings is 1. The van der Waals surface area contributed by atoms with Gasteiger partial charge in [-0.3, -0.25) is 0 Å². The molecule has 0 heterocycles. The van der Waals surface area contributed by atoms with E-state index in [4.69, 9.17) is 16.9 Å². The highest BCUT2D eigenvalue weighted by atomic mass is 35.5. The highest BCUT2D eigenvalue weighted by Crippen LogP contribution is 2.21. The van der Waals surface area contributed by atoms with E-state index in [2.05, 4.69) is 5.32 Å². The fourth-order valence-corrected chi connectivity index (χ4v) is 2.45. The van der Waals surface area contributed by atoms with Crippen LogP contribution in [0.2, 0.25) is 5.02 Å². The van der Waals surface area contributed by atoms with Crippen LogP contribution in [0.5, 0.6) is 0 Å². The van der Waals surface area contributed by atoms with Gasteiger partial charge in [-0.2, -0.15) is 5.26 Å². The summed E-state index contributed by atoms with van der Waals surface area (Å²) in [7, 11) is -2.94. The SMILES string of the molecule is CC(CCS(C)(=O)=O)Nc1ccc(C#N)c(Cl)c1. The molecule has 0 aliphatic rings. The van der Waals surface area contributed by atoms with Crippen molar-refractivity contribution < 1.29 is 8.42 Å². The largest absolute Gasteiger partial charge is 0.383 e. The van der Waals surface area contributed by atoms with E-state index in [9.17, 15) is 8.42 Å². The predicted octanol–water partition coefficient (Wildman–Crippen LogP) is 2.45. The second-order valence-corrected chi connectivity index (χ2v) is 6.94. The van der Waals surface area contributed by atoms with E-state index >= 15 is 0 Å². The van der Waals surface area contributed by atoms with E-state index in [1.807, 2.05) is 13.0 Å². The number of hydrogen-bond donors (Lipinski definition) is 1. The average Bonchev–Trinajstić information content (AvgIpc) is 2.26. The van der Waals surface area contributed by atoms with Gasteiger partial charge in [0, 0.05) is 18.0 Å². The molecule has 1 aromatic carbocycles. The Bertz CT molecular complexity index is 564. The van der Waals surface area contributed by atoms with Gasteiger partial charge < -0.3 is 5.32 Å². The third-order valence-corrected chi connectivity index (χ3v) is 3.71. The summed E-state index contributed by atoms with van der Waals surface area (Å²) < 4.78 is 22.1. The molecular formula is C12H15ClN2O2S. The summed E-state index contributed by atoms with van der Waals surface area (Å²) >= 11 is 5.90. The monoisotopic (exact) mass is 286 g/mol. The van der Waals surface area contributed by atoms with Crippen molar-refractivity contribution in [2.75, 3.05) is 17.3 Å². The Kier molecular flexibility index (Phi) is 5.00. The molecule has 0 saturated heterocycles. The van der Waals surface area contributed by atoms with Crippen molar-refractivity contribution in [3.05, 3.63) is 28.8 Å². The maximum absolute atomic E-state index is 11.0. The number of nitrogens with one attached hydrogen (secondary N) is 1. The molecule has 0 amide bonds. The molecule has 0 aliphatic carbocycles. The molecule has 1 rings (SSSR count). The number of nitriles is 1. The minimum Gasteiger partial charge on any atom is -0.383 e. The Morgan fingerprint density at radius 3 is 2.67 bits per heavy atom. The fourth-order valence-electron chi connectivity index (χ4n) is 1.44. The summed E-state index contributed by atoms with van der Waals surface area (Å²) in [6.45, 7) is 1.90. The molecule has 4 nitrogen and oxygen atoms in total. The molecular weight excluding hydrogens is 272 g/mol. The third kappa shape index (κ3) is 4.94. The average molecular weight is 287 g/mol. The zero-order valence-corrected chi connectivity index (χ0v) is 11.8. The van der Waals surface area contributed by atoms with Crippen molar-refractivity contribution in [1.29, 1.82) is 5.26 Å². The lowest BCUT2D eigenvalue weighted by Gasteiger charge is -2.15. The first-order chi connectivity index (χ1) is 8.31. The van der Waals surface area contributed by atoms with Crippen LogP contribution in [-0.2, 0) is 9.84 Å². The number of halogens is 1. The first kappa shape index (κ1) is 14.8. The molecule has 1 N–H and O–H groups in total. The fraction of sp³-hybridized carbons (Fsp3) is 0.417. The minimum absolute atomic E-state index is 0.0173. The zero-order chi connectivity index (χ0) is 13.8. The molecule has 6 heteroatoms. The van der Waals surface area contributed by atoms with Gasteiger partial charge in [-0.05, 0) is 31.5 Å². The van der Waals surface area contributed by atoms with E-state index in [-0.39, 0.29) is 11.8 Å². The van der Waals surface area contributed by atoms with Crippen LogP contribution in [0.4, 0.5) is 5.69 Å². The topological polar surface area (TPSA) is 70.0 Å². The minimum atomic E-state index is -2.94. The van der Waals surface area contributed by atoms with Gasteiger partial charge in [0.15, 0.2) is 0 Å².